The van der Waals surface area contributed by atoms with E-state index in [1.165, 1.54) is 31.3 Å². The lowest BCUT2D eigenvalue weighted by Crippen LogP contribution is -2.68. The third kappa shape index (κ3) is 4.02. The smallest absolute Gasteiger partial charge is 0.309 e. The molecule has 0 aromatic rings. The Hall–Kier alpha value is -1.36. The van der Waals surface area contributed by atoms with Crippen molar-refractivity contribution in [3.8, 4) is 0 Å². The lowest BCUT2D eigenvalue weighted by molar-refractivity contribution is -0.240. The first-order valence-corrected chi connectivity index (χ1v) is 17.1. The molecule has 1 aliphatic heterocycles. The lowest BCUT2D eigenvalue weighted by Gasteiger charge is -2.73. The highest BCUT2D eigenvalue weighted by Crippen LogP contribution is 2.77. The van der Waals surface area contributed by atoms with Crippen LogP contribution in [0.5, 0.6) is 0 Å². The molecular weight excluding hydrogens is 508 g/mol. The topological polar surface area (TPSA) is 78.4 Å². The van der Waals surface area contributed by atoms with Crippen molar-refractivity contribution in [1.29, 1.82) is 0 Å². The summed E-state index contributed by atoms with van der Waals surface area (Å²) in [4.78, 5) is 26.2. The largest absolute Gasteiger partial charge is 0.481 e. The first kappa shape index (κ1) is 29.7. The Morgan fingerprint density at radius 3 is 2.27 bits per heavy atom. The fraction of sp³-hybridized carbons (Fsp3) is 0.889. The number of carbonyl (C=O) groups is 2. The SMILES string of the molecule is C=C(C)[C@@H]1CC[C@]2(C(=O)O)CC[C@]3(C)[C@H](CC[C@@H]4[C@@]5(C)CC[C@H](NC(=O)C6CCCNC6)C(C)(C)[C@@H]5CC[C@]43C)[C@@H]12. The number of carbonyl (C=O) groups excluding carboxylic acids is 1. The van der Waals surface area contributed by atoms with Gasteiger partial charge < -0.3 is 15.7 Å². The normalized spacial score (nSPS) is 50.4. The number of carboxylic acids is 1. The van der Waals surface area contributed by atoms with E-state index < -0.39 is 11.4 Å². The van der Waals surface area contributed by atoms with Crippen LogP contribution >= 0.6 is 0 Å². The number of hydrogen-bond acceptors (Lipinski definition) is 3. The molecule has 6 aliphatic rings. The molecule has 0 spiro atoms. The molecule has 0 aromatic heterocycles. The number of nitrogens with one attached hydrogen (secondary N) is 2. The van der Waals surface area contributed by atoms with E-state index in [0.29, 0.717) is 23.7 Å². The molecule has 1 unspecified atom stereocenters. The summed E-state index contributed by atoms with van der Waals surface area (Å²) in [5.41, 5.74) is 1.35. The Morgan fingerprint density at radius 1 is 0.854 bits per heavy atom. The fourth-order valence-electron chi connectivity index (χ4n) is 13.1. The summed E-state index contributed by atoms with van der Waals surface area (Å²) >= 11 is 0. The van der Waals surface area contributed by atoms with Gasteiger partial charge in [0.25, 0.3) is 0 Å². The summed E-state index contributed by atoms with van der Waals surface area (Å²) < 4.78 is 0. The number of allylic oxidation sites excluding steroid dienone is 1. The molecule has 5 nitrogen and oxygen atoms in total. The molecule has 3 N–H and O–H groups in total. The van der Waals surface area contributed by atoms with Gasteiger partial charge in [-0.25, -0.2) is 0 Å². The van der Waals surface area contributed by atoms with E-state index in [-0.39, 0.29) is 45.4 Å². The molecule has 1 saturated heterocycles. The second-order valence-electron chi connectivity index (χ2n) is 17.1. The molecule has 5 aliphatic carbocycles. The van der Waals surface area contributed by atoms with Crippen molar-refractivity contribution in [3.05, 3.63) is 12.2 Å². The van der Waals surface area contributed by atoms with Crippen molar-refractivity contribution in [2.75, 3.05) is 13.1 Å². The van der Waals surface area contributed by atoms with Crippen LogP contribution in [-0.4, -0.2) is 36.1 Å². The van der Waals surface area contributed by atoms with Gasteiger partial charge >= 0.3 is 5.97 Å². The quantitative estimate of drug-likeness (QED) is 0.314. The molecule has 6 rings (SSSR count). The lowest BCUT2D eigenvalue weighted by atomic mass is 9.32. The van der Waals surface area contributed by atoms with Crippen molar-refractivity contribution < 1.29 is 14.7 Å². The zero-order valence-electron chi connectivity index (χ0n) is 26.9. The first-order chi connectivity index (χ1) is 19.2. The van der Waals surface area contributed by atoms with Crippen molar-refractivity contribution >= 4 is 11.9 Å². The highest BCUT2D eigenvalue weighted by molar-refractivity contribution is 5.79. The molecule has 11 atom stereocenters. The molecular formula is C36H58N2O3. The number of hydrogen-bond donors (Lipinski definition) is 3. The molecule has 0 radical (unpaired) electrons. The van der Waals surface area contributed by atoms with Crippen molar-refractivity contribution in [2.45, 2.75) is 125 Å². The summed E-state index contributed by atoms with van der Waals surface area (Å²) in [6.45, 7) is 21.1. The predicted octanol–water partition coefficient (Wildman–Crippen LogP) is 7.21. The van der Waals surface area contributed by atoms with Crippen molar-refractivity contribution in [1.82, 2.24) is 10.6 Å². The van der Waals surface area contributed by atoms with Crippen molar-refractivity contribution in [3.63, 3.8) is 0 Å². The molecule has 1 heterocycles. The Kier molecular flexibility index (Phi) is 7.12. The Balaban J connectivity index is 1.28. The summed E-state index contributed by atoms with van der Waals surface area (Å²) in [7, 11) is 0. The Bertz CT molecular complexity index is 1090. The Labute approximate surface area is 249 Å². The van der Waals surface area contributed by atoms with Gasteiger partial charge in [0.2, 0.25) is 5.91 Å². The van der Waals surface area contributed by atoms with Gasteiger partial charge in [-0.05, 0) is 142 Å². The molecule has 41 heavy (non-hydrogen) atoms. The van der Waals surface area contributed by atoms with Gasteiger partial charge in [0.05, 0.1) is 11.3 Å². The highest BCUT2D eigenvalue weighted by Gasteiger charge is 2.72. The van der Waals surface area contributed by atoms with Crippen molar-refractivity contribution in [2.24, 2.45) is 62.6 Å². The van der Waals surface area contributed by atoms with E-state index in [0.717, 1.165) is 64.5 Å². The van der Waals surface area contributed by atoms with Crippen LogP contribution in [0, 0.1) is 62.6 Å². The van der Waals surface area contributed by atoms with Crippen LogP contribution in [0.3, 0.4) is 0 Å². The van der Waals surface area contributed by atoms with Gasteiger partial charge in [-0.3, -0.25) is 9.59 Å². The maximum absolute atomic E-state index is 13.3. The van der Waals surface area contributed by atoms with E-state index >= 15 is 0 Å². The monoisotopic (exact) mass is 566 g/mol. The zero-order valence-corrected chi connectivity index (χ0v) is 26.9. The van der Waals surface area contributed by atoms with E-state index in [2.05, 4.69) is 58.8 Å². The maximum Gasteiger partial charge on any atom is 0.309 e. The number of aliphatic carboxylic acids is 1. The standard InChI is InChI=1S/C36H58N2O3/c1-22(2)24-12-17-36(31(40)41)19-18-34(6)25(29(24)36)10-11-27-33(5)15-14-28(38-30(39)23-9-8-20-37-21-23)32(3,4)26(33)13-16-35(27,34)7/h23-29,37H,1,8-21H2,2-7H3,(H,38,39)(H,40,41)/t23?,24-,25+,26-,27+,28-,29+,33-,34+,35+,36-/m0/s1. The van der Waals surface area contributed by atoms with Crippen LogP contribution in [0.15, 0.2) is 12.2 Å². The minimum Gasteiger partial charge on any atom is -0.481 e. The van der Waals surface area contributed by atoms with Crippen LogP contribution in [0.1, 0.15) is 119 Å². The van der Waals surface area contributed by atoms with Gasteiger partial charge in [-0.2, -0.15) is 0 Å². The third-order valence-electron chi connectivity index (χ3n) is 15.5. The van der Waals surface area contributed by atoms with E-state index in [1.807, 2.05) is 0 Å². The van der Waals surface area contributed by atoms with Crippen LogP contribution in [0.25, 0.3) is 0 Å². The van der Waals surface area contributed by atoms with Gasteiger partial charge in [-0.1, -0.05) is 46.8 Å². The number of piperidine rings is 1. The maximum atomic E-state index is 13.3. The second kappa shape index (κ2) is 9.83. The van der Waals surface area contributed by atoms with Crippen LogP contribution in [0.2, 0.25) is 0 Å². The average Bonchev–Trinajstić information content (AvgIpc) is 3.33. The fourth-order valence-corrected chi connectivity index (χ4v) is 13.1. The number of fused-ring (bicyclic) bond motifs is 7. The minimum absolute atomic E-state index is 0.0609. The molecule has 230 valence electrons. The third-order valence-corrected chi connectivity index (χ3v) is 15.5. The molecule has 0 bridgehead atoms. The van der Waals surface area contributed by atoms with E-state index in [1.54, 1.807) is 0 Å². The number of carboxylic acid groups (broad SMARTS) is 1. The number of amides is 1. The Morgan fingerprint density at radius 2 is 1.61 bits per heavy atom. The average molecular weight is 567 g/mol. The molecule has 6 fully saturated rings. The van der Waals surface area contributed by atoms with Gasteiger partial charge in [0.15, 0.2) is 0 Å². The summed E-state index contributed by atoms with van der Waals surface area (Å²) in [6.07, 6.45) is 12.9. The summed E-state index contributed by atoms with van der Waals surface area (Å²) in [5.74, 6) is 2.12. The molecule has 1 amide bonds. The van der Waals surface area contributed by atoms with Crippen LogP contribution in [-0.2, 0) is 9.59 Å². The van der Waals surface area contributed by atoms with Crippen LogP contribution < -0.4 is 10.6 Å². The highest BCUT2D eigenvalue weighted by atomic mass is 16.4. The van der Waals surface area contributed by atoms with E-state index in [9.17, 15) is 14.7 Å². The predicted molar refractivity (Wildman–Crippen MR) is 164 cm³/mol. The van der Waals surface area contributed by atoms with Gasteiger partial charge in [0.1, 0.15) is 0 Å². The number of rotatable bonds is 4. The molecule has 5 heteroatoms. The summed E-state index contributed by atoms with van der Waals surface area (Å²) in [5, 5.41) is 17.6. The van der Waals surface area contributed by atoms with Gasteiger partial charge in [0, 0.05) is 12.6 Å². The minimum atomic E-state index is -0.551. The van der Waals surface area contributed by atoms with E-state index in [4.69, 9.17) is 0 Å². The molecule has 0 aromatic carbocycles. The van der Waals surface area contributed by atoms with Gasteiger partial charge in [-0.15, -0.1) is 0 Å². The van der Waals surface area contributed by atoms with Crippen LogP contribution in [0.4, 0.5) is 0 Å². The zero-order chi connectivity index (χ0) is 29.6. The molecule has 5 saturated carbocycles. The summed E-state index contributed by atoms with van der Waals surface area (Å²) in [6, 6.07) is 0.243. The second-order valence-corrected chi connectivity index (χ2v) is 17.1. The first-order valence-electron chi connectivity index (χ1n) is 17.1.